The minimum Gasteiger partial charge on any atom is -0.395 e. The summed E-state index contributed by atoms with van der Waals surface area (Å²) in [5, 5.41) is 9.40. The van der Waals surface area contributed by atoms with Gasteiger partial charge in [0.2, 0.25) is 0 Å². The zero-order valence-corrected chi connectivity index (χ0v) is 10.5. The molecule has 17 heavy (non-hydrogen) atoms. The highest BCUT2D eigenvalue weighted by Crippen LogP contribution is 2.20. The first kappa shape index (κ1) is 12.5. The lowest BCUT2D eigenvalue weighted by atomic mass is 10.4. The van der Waals surface area contributed by atoms with Gasteiger partial charge in [-0.1, -0.05) is 11.6 Å². The van der Waals surface area contributed by atoms with Crippen LogP contribution < -0.4 is 4.90 Å². The van der Waals surface area contributed by atoms with Gasteiger partial charge in [0.05, 0.1) is 6.61 Å². The van der Waals surface area contributed by atoms with Gasteiger partial charge in [-0.15, -0.1) is 0 Å². The number of nitrogens with zero attached hydrogens (tertiary/aromatic N) is 4. The zero-order chi connectivity index (χ0) is 12.1. The predicted octanol–water partition coefficient (Wildman–Crippen LogP) is 0.634. The van der Waals surface area contributed by atoms with Crippen molar-refractivity contribution in [1.29, 1.82) is 0 Å². The molecule has 0 unspecified atom stereocenters. The molecule has 1 aliphatic heterocycles. The van der Waals surface area contributed by atoms with E-state index < -0.39 is 0 Å². The van der Waals surface area contributed by atoms with Crippen molar-refractivity contribution in [2.45, 2.75) is 6.42 Å². The van der Waals surface area contributed by atoms with E-state index >= 15 is 0 Å². The van der Waals surface area contributed by atoms with Crippen LogP contribution in [-0.4, -0.2) is 59.3 Å². The second-order valence-corrected chi connectivity index (χ2v) is 4.43. The molecule has 0 aliphatic carbocycles. The van der Waals surface area contributed by atoms with Gasteiger partial charge in [-0.3, -0.25) is 4.90 Å². The van der Waals surface area contributed by atoms with Gasteiger partial charge in [0.25, 0.3) is 0 Å². The maximum absolute atomic E-state index is 8.94. The summed E-state index contributed by atoms with van der Waals surface area (Å²) in [5.74, 6) is 0.764. The van der Waals surface area contributed by atoms with Crippen LogP contribution in [0.2, 0.25) is 5.15 Å². The minimum absolute atomic E-state index is 0.214. The van der Waals surface area contributed by atoms with Crippen molar-refractivity contribution in [3.63, 3.8) is 0 Å². The lowest BCUT2D eigenvalue weighted by Gasteiger charge is -2.22. The van der Waals surface area contributed by atoms with Crippen LogP contribution in [0.4, 0.5) is 5.82 Å². The fraction of sp³-hybridized carbons (Fsp3) is 0.636. The average Bonchev–Trinajstić information content (AvgIpc) is 2.56. The van der Waals surface area contributed by atoms with E-state index in [0.717, 1.165) is 45.0 Å². The Balaban J connectivity index is 2.01. The molecule has 0 radical (unpaired) electrons. The molecule has 1 aromatic heterocycles. The summed E-state index contributed by atoms with van der Waals surface area (Å²) in [6.07, 6.45) is 4.31. The number of β-amino-alcohol motifs (C(OH)–C–C–N with tert-alkyl or cyclic N) is 1. The van der Waals surface area contributed by atoms with Gasteiger partial charge in [-0.2, -0.15) is 0 Å². The molecule has 1 fully saturated rings. The van der Waals surface area contributed by atoms with Crippen LogP contribution >= 0.6 is 11.6 Å². The van der Waals surface area contributed by atoms with Crippen LogP contribution in [0.25, 0.3) is 0 Å². The van der Waals surface area contributed by atoms with Crippen molar-refractivity contribution in [1.82, 2.24) is 14.9 Å². The SMILES string of the molecule is OCCN1CCCN(c2nccnc2Cl)CC1. The summed E-state index contributed by atoms with van der Waals surface area (Å²) >= 11 is 6.04. The highest BCUT2D eigenvalue weighted by Gasteiger charge is 2.17. The molecule has 0 bridgehead atoms. The Bertz CT molecular complexity index is 363. The van der Waals surface area contributed by atoms with E-state index in [-0.39, 0.29) is 6.61 Å². The Labute approximate surface area is 106 Å². The Morgan fingerprint density at radius 3 is 2.76 bits per heavy atom. The number of aliphatic hydroxyl groups is 1. The maximum Gasteiger partial charge on any atom is 0.171 e. The van der Waals surface area contributed by atoms with Crippen LogP contribution in [0.1, 0.15) is 6.42 Å². The number of halogens is 1. The van der Waals surface area contributed by atoms with Gasteiger partial charge in [-0.05, 0) is 13.0 Å². The Morgan fingerprint density at radius 1 is 1.18 bits per heavy atom. The second-order valence-electron chi connectivity index (χ2n) is 4.08. The summed E-state index contributed by atoms with van der Waals surface area (Å²) in [6, 6.07) is 0. The monoisotopic (exact) mass is 256 g/mol. The Hall–Kier alpha value is -0.910. The van der Waals surface area contributed by atoms with Gasteiger partial charge in [0.15, 0.2) is 11.0 Å². The molecule has 5 nitrogen and oxygen atoms in total. The fourth-order valence-corrected chi connectivity index (χ4v) is 2.30. The maximum atomic E-state index is 8.94. The molecule has 6 heteroatoms. The summed E-state index contributed by atoms with van der Waals surface area (Å²) in [7, 11) is 0. The van der Waals surface area contributed by atoms with Gasteiger partial charge in [-0.25, -0.2) is 9.97 Å². The number of aliphatic hydroxyl groups excluding tert-OH is 1. The van der Waals surface area contributed by atoms with Crippen molar-refractivity contribution in [2.24, 2.45) is 0 Å². The van der Waals surface area contributed by atoms with E-state index in [1.807, 2.05) is 0 Å². The molecular formula is C11H17ClN4O. The molecular weight excluding hydrogens is 240 g/mol. The molecule has 1 aliphatic rings. The molecule has 1 saturated heterocycles. The Morgan fingerprint density at radius 2 is 2.00 bits per heavy atom. The summed E-state index contributed by atoms with van der Waals surface area (Å²) in [4.78, 5) is 12.7. The van der Waals surface area contributed by atoms with Gasteiger partial charge in [0.1, 0.15) is 0 Å². The molecule has 1 N–H and O–H groups in total. The van der Waals surface area contributed by atoms with Gasteiger partial charge < -0.3 is 10.0 Å². The number of hydrogen-bond acceptors (Lipinski definition) is 5. The van der Waals surface area contributed by atoms with Crippen LogP contribution in [0.3, 0.4) is 0 Å². The molecule has 0 aromatic carbocycles. The third-order valence-corrected chi connectivity index (χ3v) is 3.21. The second kappa shape index (κ2) is 6.14. The largest absolute Gasteiger partial charge is 0.395 e. The molecule has 1 aromatic rings. The zero-order valence-electron chi connectivity index (χ0n) is 9.72. The van der Waals surface area contributed by atoms with Gasteiger partial charge >= 0.3 is 0 Å². The molecule has 0 atom stereocenters. The number of anilines is 1. The normalized spacial score (nSPS) is 18.1. The fourth-order valence-electron chi connectivity index (χ4n) is 2.07. The van der Waals surface area contributed by atoms with Crippen LogP contribution in [0.15, 0.2) is 12.4 Å². The Kier molecular flexibility index (Phi) is 4.53. The van der Waals surface area contributed by atoms with E-state index in [1.165, 1.54) is 0 Å². The van der Waals surface area contributed by atoms with Crippen LogP contribution in [0.5, 0.6) is 0 Å². The molecule has 2 heterocycles. The van der Waals surface area contributed by atoms with E-state index in [4.69, 9.17) is 16.7 Å². The first-order valence-electron chi connectivity index (χ1n) is 5.86. The lowest BCUT2D eigenvalue weighted by molar-refractivity contribution is 0.204. The number of rotatable bonds is 3. The first-order chi connectivity index (χ1) is 8.31. The minimum atomic E-state index is 0.214. The van der Waals surface area contributed by atoms with E-state index in [1.54, 1.807) is 12.4 Å². The molecule has 0 saturated carbocycles. The van der Waals surface area contributed by atoms with Crippen molar-refractivity contribution < 1.29 is 5.11 Å². The van der Waals surface area contributed by atoms with Crippen molar-refractivity contribution in [3.8, 4) is 0 Å². The topological polar surface area (TPSA) is 52.5 Å². The summed E-state index contributed by atoms with van der Waals surface area (Å²) < 4.78 is 0. The summed E-state index contributed by atoms with van der Waals surface area (Å²) in [5.41, 5.74) is 0. The third kappa shape index (κ3) is 3.28. The van der Waals surface area contributed by atoms with E-state index in [0.29, 0.717) is 5.15 Å². The smallest absolute Gasteiger partial charge is 0.171 e. The molecule has 0 amide bonds. The van der Waals surface area contributed by atoms with Crippen molar-refractivity contribution in [2.75, 3.05) is 44.2 Å². The van der Waals surface area contributed by atoms with E-state index in [9.17, 15) is 0 Å². The van der Waals surface area contributed by atoms with Crippen molar-refractivity contribution >= 4 is 17.4 Å². The average molecular weight is 257 g/mol. The third-order valence-electron chi connectivity index (χ3n) is 2.94. The highest BCUT2D eigenvalue weighted by molar-refractivity contribution is 6.31. The highest BCUT2D eigenvalue weighted by atomic mass is 35.5. The molecule has 0 spiro atoms. The lowest BCUT2D eigenvalue weighted by Crippen LogP contribution is -2.32. The quantitative estimate of drug-likeness (QED) is 0.860. The molecule has 2 rings (SSSR count). The van der Waals surface area contributed by atoms with Crippen LogP contribution in [0, 0.1) is 0 Å². The van der Waals surface area contributed by atoms with Crippen LogP contribution in [-0.2, 0) is 0 Å². The summed E-state index contributed by atoms with van der Waals surface area (Å²) in [6.45, 7) is 4.69. The van der Waals surface area contributed by atoms with Gasteiger partial charge in [0, 0.05) is 38.6 Å². The first-order valence-corrected chi connectivity index (χ1v) is 6.23. The predicted molar refractivity (Wildman–Crippen MR) is 67.4 cm³/mol. The number of hydrogen-bond donors (Lipinski definition) is 1. The van der Waals surface area contributed by atoms with Crippen molar-refractivity contribution in [3.05, 3.63) is 17.5 Å². The van der Waals surface area contributed by atoms with E-state index in [2.05, 4.69) is 19.8 Å². The standard InChI is InChI=1S/C11H17ClN4O/c12-10-11(14-3-2-13-10)16-5-1-4-15(6-7-16)8-9-17/h2-3,17H,1,4-9H2. The number of aromatic nitrogens is 2. The molecule has 94 valence electrons.